The van der Waals surface area contributed by atoms with Gasteiger partial charge in [0.25, 0.3) is 0 Å². The monoisotopic (exact) mass is 570 g/mol. The number of fused-ring (bicyclic) bond motifs is 1. The molecule has 0 aromatic heterocycles. The Bertz CT molecular complexity index is 869. The molecule has 4 saturated heterocycles. The Morgan fingerprint density at radius 1 is 0.949 bits per heavy atom. The Labute approximate surface area is 224 Å². The molecule has 39 heavy (non-hydrogen) atoms. The third-order valence-corrected chi connectivity index (χ3v) is 9.34. The number of piperidine rings is 1. The standard InChI is InChI=1S/C24H40F6N8O/c1-36-12-17(23(25,26)27)34-19(36)14-7-5-13(6-8-14)11-38-20-16(37(2)22(38)31)10-33-18(35-20)15-4-3-9-32-21(15)39-24(28,29)30/h13-21,31-35H,3-12H2,1-2H3. The van der Waals surface area contributed by atoms with Crippen LogP contribution in [0.3, 0.4) is 0 Å². The average molecular weight is 571 g/mol. The van der Waals surface area contributed by atoms with Gasteiger partial charge >= 0.3 is 12.5 Å². The molecule has 0 aromatic carbocycles. The van der Waals surface area contributed by atoms with E-state index < -0.39 is 36.9 Å². The topological polar surface area (TPSA) is 90.9 Å². The van der Waals surface area contributed by atoms with E-state index in [9.17, 15) is 26.3 Å². The van der Waals surface area contributed by atoms with Crippen molar-refractivity contribution in [2.24, 2.45) is 17.8 Å². The largest absolute Gasteiger partial charge is 0.524 e. The van der Waals surface area contributed by atoms with Gasteiger partial charge in [-0.3, -0.25) is 36.3 Å². The van der Waals surface area contributed by atoms with Crippen LogP contribution in [0.5, 0.6) is 0 Å². The number of likely N-dealkylation sites (N-methyl/N-ethyl adjacent to an activating group) is 2. The predicted octanol–water partition coefficient (Wildman–Crippen LogP) is 1.84. The fraction of sp³-hybridized carbons (Fsp3) is 0.958. The predicted molar refractivity (Wildman–Crippen MR) is 131 cm³/mol. The van der Waals surface area contributed by atoms with Crippen LogP contribution in [0.25, 0.3) is 0 Å². The normalized spacial score (nSPS) is 40.8. The summed E-state index contributed by atoms with van der Waals surface area (Å²) in [7, 11) is 3.60. The molecule has 0 amide bonds. The highest BCUT2D eigenvalue weighted by Gasteiger charge is 2.50. The van der Waals surface area contributed by atoms with E-state index in [0.29, 0.717) is 32.0 Å². The maximum Gasteiger partial charge on any atom is 0.524 e. The number of guanidine groups is 1. The van der Waals surface area contributed by atoms with Crippen molar-refractivity contribution < 1.29 is 31.1 Å². The van der Waals surface area contributed by atoms with Crippen molar-refractivity contribution in [2.75, 3.05) is 40.3 Å². The highest BCUT2D eigenvalue weighted by molar-refractivity contribution is 5.80. The number of hydrogen-bond acceptors (Lipinski definition) is 7. The molecular formula is C24H40F6N8O. The Kier molecular flexibility index (Phi) is 8.30. The van der Waals surface area contributed by atoms with Gasteiger partial charge in [0.2, 0.25) is 0 Å². The summed E-state index contributed by atoms with van der Waals surface area (Å²) in [6, 6.07) is -1.54. The molecule has 1 saturated carbocycles. The van der Waals surface area contributed by atoms with Gasteiger partial charge in [-0.05, 0) is 64.0 Å². The minimum Gasteiger partial charge on any atom is -0.338 e. The van der Waals surface area contributed by atoms with Gasteiger partial charge in [0.05, 0.1) is 18.4 Å². The summed E-state index contributed by atoms with van der Waals surface area (Å²) < 4.78 is 83.2. The highest BCUT2D eigenvalue weighted by atomic mass is 19.4. The molecule has 224 valence electrons. The molecule has 5 rings (SSSR count). The summed E-state index contributed by atoms with van der Waals surface area (Å²) in [6.45, 7) is 1.57. The molecule has 0 aromatic rings. The van der Waals surface area contributed by atoms with Crippen LogP contribution in [-0.4, -0.2) is 110 Å². The van der Waals surface area contributed by atoms with E-state index in [2.05, 4.69) is 26.0 Å². The molecular weight excluding hydrogens is 530 g/mol. The number of ether oxygens (including phenoxy) is 1. The second-order valence-electron chi connectivity index (χ2n) is 11.8. The lowest BCUT2D eigenvalue weighted by molar-refractivity contribution is -0.355. The van der Waals surface area contributed by atoms with Crippen molar-refractivity contribution in [3.05, 3.63) is 0 Å². The SMILES string of the molecule is CN1CC(C(F)(F)F)NC1C1CCC(CN2C(=N)N(C)C3CNC(C4CCCNC4OC(F)(F)F)NC32)CC1. The fourth-order valence-corrected chi connectivity index (χ4v) is 7.27. The first-order chi connectivity index (χ1) is 18.3. The molecule has 7 unspecified atom stereocenters. The number of alkyl halides is 6. The van der Waals surface area contributed by atoms with Crippen LogP contribution in [0.15, 0.2) is 0 Å². The van der Waals surface area contributed by atoms with Crippen molar-refractivity contribution in [3.63, 3.8) is 0 Å². The van der Waals surface area contributed by atoms with Gasteiger partial charge in [0, 0.05) is 32.6 Å². The maximum absolute atomic E-state index is 13.2. The van der Waals surface area contributed by atoms with E-state index in [1.807, 2.05) is 16.8 Å². The minimum atomic E-state index is -4.73. The second kappa shape index (κ2) is 11.1. The van der Waals surface area contributed by atoms with Crippen LogP contribution in [0, 0.1) is 23.2 Å². The van der Waals surface area contributed by atoms with E-state index in [1.54, 1.807) is 11.9 Å². The molecule has 5 N–H and O–H groups in total. The van der Waals surface area contributed by atoms with Crippen LogP contribution < -0.4 is 21.3 Å². The van der Waals surface area contributed by atoms with Crippen molar-refractivity contribution in [3.8, 4) is 0 Å². The van der Waals surface area contributed by atoms with Gasteiger partial charge in [0.1, 0.15) is 18.4 Å². The zero-order chi connectivity index (χ0) is 28.1. The van der Waals surface area contributed by atoms with E-state index in [-0.39, 0.29) is 36.8 Å². The van der Waals surface area contributed by atoms with Gasteiger partial charge in [0.15, 0.2) is 5.96 Å². The second-order valence-corrected chi connectivity index (χ2v) is 11.8. The molecule has 5 aliphatic rings. The summed E-state index contributed by atoms with van der Waals surface area (Å²) in [5.41, 5.74) is 0. The van der Waals surface area contributed by atoms with E-state index in [1.165, 1.54) is 0 Å². The number of nitrogens with one attached hydrogen (secondary N) is 5. The molecule has 0 radical (unpaired) electrons. The fourth-order valence-electron chi connectivity index (χ4n) is 7.27. The lowest BCUT2D eigenvalue weighted by Gasteiger charge is -2.45. The lowest BCUT2D eigenvalue weighted by Crippen LogP contribution is -2.69. The molecule has 5 fully saturated rings. The number of halogens is 6. The summed E-state index contributed by atoms with van der Waals surface area (Å²) in [6.07, 6.45) is -6.42. The van der Waals surface area contributed by atoms with Crippen molar-refractivity contribution >= 4 is 5.96 Å². The molecule has 4 aliphatic heterocycles. The van der Waals surface area contributed by atoms with Crippen LogP contribution >= 0.6 is 0 Å². The average Bonchev–Trinajstić information content (AvgIpc) is 3.37. The van der Waals surface area contributed by atoms with Gasteiger partial charge < -0.3 is 9.80 Å². The van der Waals surface area contributed by atoms with E-state index >= 15 is 0 Å². The van der Waals surface area contributed by atoms with Crippen LogP contribution in [-0.2, 0) is 4.74 Å². The molecule has 1 aliphatic carbocycles. The van der Waals surface area contributed by atoms with Crippen molar-refractivity contribution in [2.45, 2.75) is 87.9 Å². The number of rotatable bonds is 5. The summed E-state index contributed by atoms with van der Waals surface area (Å²) in [5, 5.41) is 21.3. The van der Waals surface area contributed by atoms with Crippen LogP contribution in [0.2, 0.25) is 0 Å². The molecule has 9 nitrogen and oxygen atoms in total. The Balaban J connectivity index is 1.19. The summed E-state index contributed by atoms with van der Waals surface area (Å²) >= 11 is 0. The zero-order valence-corrected chi connectivity index (χ0v) is 22.3. The third-order valence-electron chi connectivity index (χ3n) is 9.34. The Morgan fingerprint density at radius 3 is 2.31 bits per heavy atom. The first kappa shape index (κ1) is 29.1. The Morgan fingerprint density at radius 2 is 1.67 bits per heavy atom. The number of nitrogens with zero attached hydrogens (tertiary/aromatic N) is 3. The number of hydrogen-bond donors (Lipinski definition) is 5. The molecule has 15 heteroatoms. The molecule has 4 heterocycles. The summed E-state index contributed by atoms with van der Waals surface area (Å²) in [4.78, 5) is 5.68. The lowest BCUT2D eigenvalue weighted by atomic mass is 9.80. The zero-order valence-electron chi connectivity index (χ0n) is 22.3. The van der Waals surface area contributed by atoms with Crippen LogP contribution in [0.4, 0.5) is 26.3 Å². The van der Waals surface area contributed by atoms with Gasteiger partial charge in [-0.15, -0.1) is 13.2 Å². The van der Waals surface area contributed by atoms with Gasteiger partial charge in [-0.25, -0.2) is 0 Å². The minimum absolute atomic E-state index is 0.0410. The van der Waals surface area contributed by atoms with Crippen molar-refractivity contribution in [1.82, 2.24) is 36.0 Å². The van der Waals surface area contributed by atoms with Gasteiger partial charge in [-0.2, -0.15) is 13.2 Å². The smallest absolute Gasteiger partial charge is 0.338 e. The molecule has 7 atom stereocenters. The quantitative estimate of drug-likeness (QED) is 0.320. The van der Waals surface area contributed by atoms with Crippen LogP contribution in [0.1, 0.15) is 38.5 Å². The van der Waals surface area contributed by atoms with E-state index in [0.717, 1.165) is 32.1 Å². The highest BCUT2D eigenvalue weighted by Crippen LogP contribution is 2.37. The van der Waals surface area contributed by atoms with Gasteiger partial charge in [-0.1, -0.05) is 0 Å². The first-order valence-electron chi connectivity index (χ1n) is 13.9. The van der Waals surface area contributed by atoms with Crippen molar-refractivity contribution in [1.29, 1.82) is 5.41 Å². The molecule has 0 bridgehead atoms. The van der Waals surface area contributed by atoms with E-state index in [4.69, 9.17) is 5.41 Å². The summed E-state index contributed by atoms with van der Waals surface area (Å²) in [5.74, 6) is 0.358. The molecule has 0 spiro atoms. The Hall–Kier alpha value is -1.39. The first-order valence-corrected chi connectivity index (χ1v) is 13.9. The third kappa shape index (κ3) is 6.27. The maximum atomic E-state index is 13.2.